The Balaban J connectivity index is 1.63. The number of rotatable bonds is 3. The van der Waals surface area contributed by atoms with Crippen molar-refractivity contribution in [1.29, 1.82) is 0 Å². The topological polar surface area (TPSA) is 58.1 Å². The maximum Gasteiger partial charge on any atom is 0.277 e. The van der Waals surface area contributed by atoms with Gasteiger partial charge in [0.05, 0.1) is 10.7 Å². The SMILES string of the molecule is CC1Cc2ccccc2N1C(=O)c1cc(Nc2ccccc2Cl)ncn1. The molecule has 0 fully saturated rings. The fourth-order valence-corrected chi connectivity index (χ4v) is 3.42. The van der Waals surface area contributed by atoms with Gasteiger partial charge in [-0.1, -0.05) is 41.9 Å². The summed E-state index contributed by atoms with van der Waals surface area (Å²) in [7, 11) is 0. The van der Waals surface area contributed by atoms with Crippen LogP contribution in [-0.2, 0) is 6.42 Å². The molecule has 0 saturated heterocycles. The van der Waals surface area contributed by atoms with Gasteiger partial charge in [-0.3, -0.25) is 4.79 Å². The zero-order valence-electron chi connectivity index (χ0n) is 14.2. The Labute approximate surface area is 156 Å². The van der Waals surface area contributed by atoms with Gasteiger partial charge >= 0.3 is 0 Å². The molecule has 1 unspecified atom stereocenters. The van der Waals surface area contributed by atoms with Crippen molar-refractivity contribution in [1.82, 2.24) is 9.97 Å². The predicted octanol–water partition coefficient (Wildman–Crippen LogP) is 4.47. The Bertz CT molecular complexity index is 975. The predicted molar refractivity (Wildman–Crippen MR) is 103 cm³/mol. The normalized spacial score (nSPS) is 15.6. The van der Waals surface area contributed by atoms with E-state index >= 15 is 0 Å². The molecule has 1 amide bonds. The van der Waals surface area contributed by atoms with Crippen LogP contribution in [0.2, 0.25) is 5.02 Å². The van der Waals surface area contributed by atoms with Gasteiger partial charge in [-0.25, -0.2) is 9.97 Å². The third-order valence-electron chi connectivity index (χ3n) is 4.45. The van der Waals surface area contributed by atoms with Gasteiger partial charge < -0.3 is 10.2 Å². The summed E-state index contributed by atoms with van der Waals surface area (Å²) < 4.78 is 0. The second kappa shape index (κ2) is 6.77. The molecule has 130 valence electrons. The van der Waals surface area contributed by atoms with E-state index in [-0.39, 0.29) is 11.9 Å². The van der Waals surface area contributed by atoms with Crippen molar-refractivity contribution >= 4 is 34.7 Å². The zero-order chi connectivity index (χ0) is 18.1. The van der Waals surface area contributed by atoms with Crippen molar-refractivity contribution in [2.45, 2.75) is 19.4 Å². The summed E-state index contributed by atoms with van der Waals surface area (Å²) in [5, 5.41) is 3.72. The van der Waals surface area contributed by atoms with Gasteiger partial charge in [0.25, 0.3) is 5.91 Å². The lowest BCUT2D eigenvalue weighted by Crippen LogP contribution is -2.36. The molecule has 5 nitrogen and oxygen atoms in total. The first kappa shape index (κ1) is 16.5. The average molecular weight is 365 g/mol. The molecule has 0 saturated carbocycles. The molecule has 1 aliphatic heterocycles. The minimum atomic E-state index is -0.132. The molecule has 0 radical (unpaired) electrons. The first-order chi connectivity index (χ1) is 12.6. The number of hydrogen-bond donors (Lipinski definition) is 1. The molecule has 3 aromatic rings. The van der Waals surface area contributed by atoms with Gasteiger partial charge in [0.2, 0.25) is 0 Å². The highest BCUT2D eigenvalue weighted by atomic mass is 35.5. The van der Waals surface area contributed by atoms with Gasteiger partial charge in [0, 0.05) is 17.8 Å². The van der Waals surface area contributed by atoms with E-state index in [9.17, 15) is 4.79 Å². The van der Waals surface area contributed by atoms with Crippen molar-refractivity contribution < 1.29 is 4.79 Å². The van der Waals surface area contributed by atoms with Crippen LogP contribution in [0.25, 0.3) is 0 Å². The average Bonchev–Trinajstić information content (AvgIpc) is 2.99. The van der Waals surface area contributed by atoms with E-state index < -0.39 is 0 Å². The minimum Gasteiger partial charge on any atom is -0.339 e. The molecule has 0 spiro atoms. The molecule has 0 aliphatic carbocycles. The number of fused-ring (bicyclic) bond motifs is 1. The van der Waals surface area contributed by atoms with Crippen LogP contribution in [0.15, 0.2) is 60.9 Å². The number of halogens is 1. The van der Waals surface area contributed by atoms with Gasteiger partial charge in [0.15, 0.2) is 0 Å². The monoisotopic (exact) mass is 364 g/mol. The number of carbonyl (C=O) groups excluding carboxylic acids is 1. The van der Waals surface area contributed by atoms with Gasteiger partial charge in [-0.05, 0) is 37.1 Å². The van der Waals surface area contributed by atoms with Crippen LogP contribution in [0.4, 0.5) is 17.2 Å². The third kappa shape index (κ3) is 3.02. The number of amides is 1. The van der Waals surface area contributed by atoms with Crippen molar-refractivity contribution in [3.05, 3.63) is 77.2 Å². The summed E-state index contributed by atoms with van der Waals surface area (Å²) in [5.41, 5.74) is 3.20. The van der Waals surface area contributed by atoms with E-state index in [4.69, 9.17) is 11.6 Å². The molecule has 4 rings (SSSR count). The van der Waals surface area contributed by atoms with E-state index in [0.29, 0.717) is 16.5 Å². The largest absolute Gasteiger partial charge is 0.339 e. The highest BCUT2D eigenvalue weighted by Crippen LogP contribution is 2.33. The highest BCUT2D eigenvalue weighted by molar-refractivity contribution is 6.33. The molecule has 2 heterocycles. The summed E-state index contributed by atoms with van der Waals surface area (Å²) in [6.07, 6.45) is 2.23. The summed E-state index contributed by atoms with van der Waals surface area (Å²) in [4.78, 5) is 23.3. The number of aromatic nitrogens is 2. The lowest BCUT2D eigenvalue weighted by atomic mass is 10.1. The van der Waals surface area contributed by atoms with Gasteiger partial charge in [-0.15, -0.1) is 0 Å². The molecule has 1 aliphatic rings. The zero-order valence-corrected chi connectivity index (χ0v) is 14.9. The Morgan fingerprint density at radius 3 is 2.77 bits per heavy atom. The molecule has 26 heavy (non-hydrogen) atoms. The molecular formula is C20H17ClN4O. The third-order valence-corrected chi connectivity index (χ3v) is 4.78. The smallest absolute Gasteiger partial charge is 0.277 e. The van der Waals surface area contributed by atoms with Gasteiger partial charge in [0.1, 0.15) is 17.8 Å². The highest BCUT2D eigenvalue weighted by Gasteiger charge is 2.31. The van der Waals surface area contributed by atoms with E-state index in [2.05, 4.69) is 21.4 Å². The number of nitrogens with one attached hydrogen (secondary N) is 1. The standard InChI is InChI=1S/C20H17ClN4O/c1-13-10-14-6-2-5-9-18(14)25(13)20(26)17-11-19(23-12-22-17)24-16-8-4-3-7-15(16)21/h2-9,11-13H,10H2,1H3,(H,22,23,24). The molecule has 1 N–H and O–H groups in total. The molecular weight excluding hydrogens is 348 g/mol. The van der Waals surface area contributed by atoms with Crippen molar-refractivity contribution in [3.8, 4) is 0 Å². The van der Waals surface area contributed by atoms with Crippen LogP contribution in [0.5, 0.6) is 0 Å². The fraction of sp³-hybridized carbons (Fsp3) is 0.150. The Morgan fingerprint density at radius 2 is 1.92 bits per heavy atom. The van der Waals surface area contributed by atoms with Crippen LogP contribution >= 0.6 is 11.6 Å². The maximum atomic E-state index is 13.1. The first-order valence-corrected chi connectivity index (χ1v) is 8.76. The summed E-state index contributed by atoms with van der Waals surface area (Å²) >= 11 is 6.17. The molecule has 6 heteroatoms. The van der Waals surface area contributed by atoms with E-state index in [1.54, 1.807) is 17.0 Å². The summed E-state index contributed by atoms with van der Waals surface area (Å²) in [6, 6.07) is 17.1. The lowest BCUT2D eigenvalue weighted by molar-refractivity contribution is 0.0976. The summed E-state index contributed by atoms with van der Waals surface area (Å²) in [6.45, 7) is 2.04. The van der Waals surface area contributed by atoms with E-state index in [1.807, 2.05) is 43.3 Å². The van der Waals surface area contributed by atoms with Crippen molar-refractivity contribution in [3.63, 3.8) is 0 Å². The van der Waals surface area contributed by atoms with Crippen LogP contribution < -0.4 is 10.2 Å². The molecule has 1 atom stereocenters. The number of nitrogens with zero attached hydrogens (tertiary/aromatic N) is 3. The van der Waals surface area contributed by atoms with Crippen LogP contribution in [0, 0.1) is 0 Å². The minimum absolute atomic E-state index is 0.0924. The Hall–Kier alpha value is -2.92. The van der Waals surface area contributed by atoms with E-state index in [1.165, 1.54) is 11.9 Å². The Morgan fingerprint density at radius 1 is 1.15 bits per heavy atom. The molecule has 2 aromatic carbocycles. The second-order valence-corrected chi connectivity index (χ2v) is 6.66. The number of carbonyl (C=O) groups is 1. The second-order valence-electron chi connectivity index (χ2n) is 6.25. The van der Waals surface area contributed by atoms with Gasteiger partial charge in [-0.2, -0.15) is 0 Å². The number of benzene rings is 2. The van der Waals surface area contributed by atoms with Crippen LogP contribution in [0.1, 0.15) is 23.0 Å². The lowest BCUT2D eigenvalue weighted by Gasteiger charge is -2.22. The first-order valence-electron chi connectivity index (χ1n) is 8.38. The molecule has 1 aromatic heterocycles. The Kier molecular flexibility index (Phi) is 4.31. The summed E-state index contributed by atoms with van der Waals surface area (Å²) in [5.74, 6) is 0.392. The quantitative estimate of drug-likeness (QED) is 0.745. The maximum absolute atomic E-state index is 13.1. The molecule has 0 bridgehead atoms. The van der Waals surface area contributed by atoms with Crippen LogP contribution in [0.3, 0.4) is 0 Å². The van der Waals surface area contributed by atoms with E-state index in [0.717, 1.165) is 17.8 Å². The fourth-order valence-electron chi connectivity index (χ4n) is 3.24. The number of hydrogen-bond acceptors (Lipinski definition) is 4. The van der Waals surface area contributed by atoms with Crippen LogP contribution in [-0.4, -0.2) is 21.9 Å². The van der Waals surface area contributed by atoms with Crippen molar-refractivity contribution in [2.24, 2.45) is 0 Å². The van der Waals surface area contributed by atoms with Crippen molar-refractivity contribution in [2.75, 3.05) is 10.2 Å². The number of anilines is 3. The number of para-hydroxylation sites is 2.